The Hall–Kier alpha value is -3.29. The molecule has 3 aromatic rings. The van der Waals surface area contributed by atoms with Crippen LogP contribution in [0.1, 0.15) is 11.1 Å². The van der Waals surface area contributed by atoms with Crippen LogP contribution in [0.25, 0.3) is 0 Å². The van der Waals surface area contributed by atoms with Crippen LogP contribution in [0.3, 0.4) is 0 Å². The lowest BCUT2D eigenvalue weighted by atomic mass is 10.2. The second-order valence-electron chi connectivity index (χ2n) is 5.90. The molecule has 0 saturated carbocycles. The Morgan fingerprint density at radius 3 is 2.52 bits per heavy atom. The molecule has 0 radical (unpaired) electrons. The van der Waals surface area contributed by atoms with Crippen molar-refractivity contribution < 1.29 is 17.9 Å². The molecule has 3 rings (SSSR count). The van der Waals surface area contributed by atoms with E-state index in [1.165, 1.54) is 10.6 Å². The maximum atomic E-state index is 13.7. The largest absolute Gasteiger partial charge is 0.497 e. The van der Waals surface area contributed by atoms with Gasteiger partial charge in [-0.3, -0.25) is 4.79 Å². The summed E-state index contributed by atoms with van der Waals surface area (Å²) in [6.45, 7) is 1.81. The van der Waals surface area contributed by atoms with Gasteiger partial charge in [-0.25, -0.2) is 8.78 Å². The molecule has 0 aliphatic heterocycles. The molecule has 140 valence electrons. The number of benzene rings is 2. The van der Waals surface area contributed by atoms with Crippen molar-refractivity contribution in [2.75, 3.05) is 12.4 Å². The van der Waals surface area contributed by atoms with Gasteiger partial charge in [0.15, 0.2) is 11.6 Å². The van der Waals surface area contributed by atoms with Crippen LogP contribution in [0.4, 0.5) is 24.8 Å². The first-order valence-electron chi connectivity index (χ1n) is 8.00. The Morgan fingerprint density at radius 2 is 1.85 bits per heavy atom. The van der Waals surface area contributed by atoms with Crippen molar-refractivity contribution in [1.29, 1.82) is 0 Å². The van der Waals surface area contributed by atoms with E-state index in [1.807, 2.05) is 6.92 Å². The molecule has 1 heterocycles. The van der Waals surface area contributed by atoms with Crippen LogP contribution in [0.2, 0.25) is 0 Å². The number of anilines is 2. The normalized spacial score (nSPS) is 10.7. The molecule has 0 amide bonds. The first kappa shape index (κ1) is 18.5. The minimum atomic E-state index is -1.05. The molecule has 0 saturated heterocycles. The van der Waals surface area contributed by atoms with Gasteiger partial charge >= 0.3 is 5.56 Å². The van der Waals surface area contributed by atoms with E-state index in [9.17, 15) is 18.0 Å². The summed E-state index contributed by atoms with van der Waals surface area (Å²) in [5.74, 6) is -2.31. The summed E-state index contributed by atoms with van der Waals surface area (Å²) in [5, 5.41) is 2.97. The SMILES string of the molecule is COc1ccc(Nc2nc(=O)c(F)cn2Cc2ccc(F)c(F)c2)c(C)c1. The molecule has 0 spiro atoms. The van der Waals surface area contributed by atoms with Gasteiger partial charge in [0.2, 0.25) is 11.8 Å². The van der Waals surface area contributed by atoms with E-state index in [2.05, 4.69) is 10.3 Å². The monoisotopic (exact) mass is 375 g/mol. The van der Waals surface area contributed by atoms with E-state index in [1.54, 1.807) is 25.3 Å². The maximum Gasteiger partial charge on any atom is 0.310 e. The van der Waals surface area contributed by atoms with Crippen molar-refractivity contribution in [3.63, 3.8) is 0 Å². The fourth-order valence-electron chi connectivity index (χ4n) is 2.55. The first-order chi connectivity index (χ1) is 12.9. The van der Waals surface area contributed by atoms with Gasteiger partial charge in [-0.05, 0) is 48.4 Å². The topological polar surface area (TPSA) is 56.1 Å². The predicted octanol–water partition coefficient (Wildman–Crippen LogP) is 3.77. The van der Waals surface area contributed by atoms with Gasteiger partial charge in [-0.15, -0.1) is 0 Å². The quantitative estimate of drug-likeness (QED) is 0.738. The van der Waals surface area contributed by atoms with Crippen LogP contribution in [-0.4, -0.2) is 16.7 Å². The molecule has 27 heavy (non-hydrogen) atoms. The van der Waals surface area contributed by atoms with Gasteiger partial charge < -0.3 is 14.6 Å². The van der Waals surface area contributed by atoms with Crippen LogP contribution >= 0.6 is 0 Å². The van der Waals surface area contributed by atoms with Crippen molar-refractivity contribution in [2.45, 2.75) is 13.5 Å². The van der Waals surface area contributed by atoms with Crippen LogP contribution in [-0.2, 0) is 6.54 Å². The lowest BCUT2D eigenvalue weighted by Gasteiger charge is -2.16. The van der Waals surface area contributed by atoms with Crippen LogP contribution in [0, 0.1) is 24.4 Å². The molecule has 8 heteroatoms. The number of halogens is 3. The van der Waals surface area contributed by atoms with E-state index in [-0.39, 0.29) is 12.5 Å². The molecule has 0 atom stereocenters. The van der Waals surface area contributed by atoms with Crippen molar-refractivity contribution >= 4 is 11.6 Å². The summed E-state index contributed by atoms with van der Waals surface area (Å²) in [6.07, 6.45) is 0.970. The Kier molecular flexibility index (Phi) is 5.16. The van der Waals surface area contributed by atoms with Gasteiger partial charge in [0.25, 0.3) is 0 Å². The van der Waals surface area contributed by atoms with Crippen LogP contribution < -0.4 is 15.6 Å². The number of aromatic nitrogens is 2. The molecule has 1 N–H and O–H groups in total. The zero-order chi connectivity index (χ0) is 19.6. The highest BCUT2D eigenvalue weighted by atomic mass is 19.2. The average molecular weight is 375 g/mol. The number of ether oxygens (including phenoxy) is 1. The Balaban J connectivity index is 1.98. The van der Waals surface area contributed by atoms with E-state index < -0.39 is 23.0 Å². The molecular formula is C19H16F3N3O2. The van der Waals surface area contributed by atoms with Crippen molar-refractivity contribution in [3.8, 4) is 5.75 Å². The smallest absolute Gasteiger partial charge is 0.310 e. The third-order valence-corrected chi connectivity index (χ3v) is 3.97. The van der Waals surface area contributed by atoms with Gasteiger partial charge in [0, 0.05) is 11.9 Å². The Bertz CT molecular complexity index is 1050. The van der Waals surface area contributed by atoms with E-state index >= 15 is 0 Å². The lowest BCUT2D eigenvalue weighted by molar-refractivity contribution is 0.414. The van der Waals surface area contributed by atoms with Gasteiger partial charge in [0.1, 0.15) is 5.75 Å². The number of nitrogens with zero attached hydrogens (tertiary/aromatic N) is 2. The number of methoxy groups -OCH3 is 1. The highest BCUT2D eigenvalue weighted by Crippen LogP contribution is 2.24. The predicted molar refractivity (Wildman–Crippen MR) is 94.9 cm³/mol. The van der Waals surface area contributed by atoms with E-state index in [4.69, 9.17) is 4.74 Å². The second-order valence-corrected chi connectivity index (χ2v) is 5.90. The number of rotatable bonds is 5. The fraction of sp³-hybridized carbons (Fsp3) is 0.158. The van der Waals surface area contributed by atoms with Crippen molar-refractivity contribution in [3.05, 3.63) is 81.5 Å². The molecule has 2 aromatic carbocycles. The molecule has 5 nitrogen and oxygen atoms in total. The number of hydrogen-bond donors (Lipinski definition) is 1. The third kappa shape index (κ3) is 4.11. The van der Waals surface area contributed by atoms with E-state index in [0.717, 1.165) is 23.9 Å². The third-order valence-electron chi connectivity index (χ3n) is 3.97. The summed E-state index contributed by atoms with van der Waals surface area (Å²) < 4.78 is 46.8. The molecular weight excluding hydrogens is 359 g/mol. The second kappa shape index (κ2) is 7.53. The molecule has 0 unspecified atom stereocenters. The minimum Gasteiger partial charge on any atom is -0.497 e. The molecule has 0 fully saturated rings. The lowest BCUT2D eigenvalue weighted by Crippen LogP contribution is -2.20. The molecule has 0 bridgehead atoms. The van der Waals surface area contributed by atoms with Crippen LogP contribution in [0.5, 0.6) is 5.75 Å². The average Bonchev–Trinajstić information content (AvgIpc) is 2.64. The molecule has 0 aliphatic rings. The zero-order valence-corrected chi connectivity index (χ0v) is 14.6. The minimum absolute atomic E-state index is 0.0149. The first-order valence-corrected chi connectivity index (χ1v) is 8.00. The zero-order valence-electron chi connectivity index (χ0n) is 14.6. The Labute approximate surface area is 153 Å². The summed E-state index contributed by atoms with van der Waals surface area (Å²) in [6, 6.07) is 8.59. The van der Waals surface area contributed by atoms with Crippen molar-refractivity contribution in [2.24, 2.45) is 0 Å². The number of hydrogen-bond acceptors (Lipinski definition) is 4. The van der Waals surface area contributed by atoms with Crippen LogP contribution in [0.15, 0.2) is 47.4 Å². The highest BCUT2D eigenvalue weighted by molar-refractivity contribution is 5.60. The summed E-state index contributed by atoms with van der Waals surface area (Å²) in [4.78, 5) is 15.4. The molecule has 0 aliphatic carbocycles. The highest BCUT2D eigenvalue weighted by Gasteiger charge is 2.12. The molecule has 1 aromatic heterocycles. The van der Waals surface area contributed by atoms with Crippen molar-refractivity contribution in [1.82, 2.24) is 9.55 Å². The maximum absolute atomic E-state index is 13.7. The standard InChI is InChI=1S/C19H16F3N3O2/c1-11-7-13(27-2)4-6-17(11)23-19-24-18(26)16(22)10-25(19)9-12-3-5-14(20)15(21)8-12/h3-8,10H,9H2,1-2H3,(H,23,24,26). The van der Waals surface area contributed by atoms with E-state index in [0.29, 0.717) is 17.0 Å². The summed E-state index contributed by atoms with van der Waals surface area (Å²) in [7, 11) is 1.54. The van der Waals surface area contributed by atoms with Gasteiger partial charge in [-0.2, -0.15) is 9.37 Å². The van der Waals surface area contributed by atoms with Gasteiger partial charge in [-0.1, -0.05) is 6.07 Å². The number of aryl methyl sites for hydroxylation is 1. The fourth-order valence-corrected chi connectivity index (χ4v) is 2.55. The van der Waals surface area contributed by atoms with Gasteiger partial charge in [0.05, 0.1) is 13.7 Å². The Morgan fingerprint density at radius 1 is 1.07 bits per heavy atom. The summed E-state index contributed by atoms with van der Waals surface area (Å²) in [5.41, 5.74) is 0.805. The summed E-state index contributed by atoms with van der Waals surface area (Å²) >= 11 is 0. The number of nitrogens with one attached hydrogen (secondary N) is 1.